The Morgan fingerprint density at radius 2 is 2.31 bits per heavy atom. The van der Waals surface area contributed by atoms with Crippen LogP contribution in [-0.2, 0) is 9.53 Å². The predicted octanol–water partition coefficient (Wildman–Crippen LogP) is 0.140. The van der Waals surface area contributed by atoms with Crippen molar-refractivity contribution in [2.24, 2.45) is 5.92 Å². The van der Waals surface area contributed by atoms with Crippen LogP contribution in [0.3, 0.4) is 0 Å². The number of amides is 1. The van der Waals surface area contributed by atoms with Gasteiger partial charge in [-0.15, -0.1) is 12.3 Å². The molecule has 0 radical (unpaired) electrons. The van der Waals surface area contributed by atoms with Crippen LogP contribution < -0.4 is 10.6 Å². The zero-order valence-electron chi connectivity index (χ0n) is 9.79. The molecule has 1 aliphatic rings. The van der Waals surface area contributed by atoms with E-state index >= 15 is 0 Å². The molecule has 1 rings (SSSR count). The molecule has 16 heavy (non-hydrogen) atoms. The first-order chi connectivity index (χ1) is 7.79. The number of carbonyl (C=O) groups excluding carboxylic acids is 1. The molecule has 1 saturated heterocycles. The van der Waals surface area contributed by atoms with Crippen LogP contribution in [0.25, 0.3) is 0 Å². The number of ether oxygens (including phenoxy) is 1. The zero-order valence-corrected chi connectivity index (χ0v) is 9.79. The molecule has 1 fully saturated rings. The van der Waals surface area contributed by atoms with Crippen molar-refractivity contribution in [2.45, 2.75) is 25.8 Å². The molecule has 4 nitrogen and oxygen atoms in total. The number of hydrogen-bond donors (Lipinski definition) is 2. The normalized spacial score (nSPS) is 24.0. The van der Waals surface area contributed by atoms with Crippen LogP contribution in [0.2, 0.25) is 0 Å². The van der Waals surface area contributed by atoms with Gasteiger partial charge in [-0.3, -0.25) is 4.79 Å². The van der Waals surface area contributed by atoms with Crippen molar-refractivity contribution in [3.05, 3.63) is 0 Å². The minimum absolute atomic E-state index is 0.0429. The molecule has 90 valence electrons. The first-order valence-corrected chi connectivity index (χ1v) is 5.82. The Bertz CT molecular complexity index is 260. The van der Waals surface area contributed by atoms with Crippen molar-refractivity contribution in [3.8, 4) is 12.3 Å². The fourth-order valence-corrected chi connectivity index (χ4v) is 1.73. The largest absolute Gasteiger partial charge is 0.379 e. The van der Waals surface area contributed by atoms with Crippen molar-refractivity contribution in [2.75, 3.05) is 26.3 Å². The SMILES string of the molecule is C#CCCNC(=O)C1COCC1NCCC. The highest BCUT2D eigenvalue weighted by molar-refractivity contribution is 5.79. The van der Waals surface area contributed by atoms with Crippen LogP contribution in [0, 0.1) is 18.3 Å². The summed E-state index contributed by atoms with van der Waals surface area (Å²) in [6, 6.07) is 0.144. The number of nitrogens with one attached hydrogen (secondary N) is 2. The van der Waals surface area contributed by atoms with E-state index in [0.717, 1.165) is 13.0 Å². The Kier molecular flexibility index (Phi) is 5.91. The zero-order chi connectivity index (χ0) is 11.8. The van der Waals surface area contributed by atoms with Crippen molar-refractivity contribution in [1.82, 2.24) is 10.6 Å². The molecule has 1 aliphatic heterocycles. The fourth-order valence-electron chi connectivity index (χ4n) is 1.73. The van der Waals surface area contributed by atoms with Crippen molar-refractivity contribution in [3.63, 3.8) is 0 Å². The van der Waals surface area contributed by atoms with E-state index in [9.17, 15) is 4.79 Å². The van der Waals surface area contributed by atoms with Gasteiger partial charge in [0.25, 0.3) is 0 Å². The van der Waals surface area contributed by atoms with Crippen molar-refractivity contribution in [1.29, 1.82) is 0 Å². The third kappa shape index (κ3) is 3.84. The Morgan fingerprint density at radius 3 is 3.00 bits per heavy atom. The molecule has 0 aromatic heterocycles. The number of carbonyl (C=O) groups is 1. The lowest BCUT2D eigenvalue weighted by atomic mass is 10.0. The van der Waals surface area contributed by atoms with Gasteiger partial charge in [0, 0.05) is 19.0 Å². The molecule has 0 aliphatic carbocycles. The van der Waals surface area contributed by atoms with Crippen molar-refractivity contribution < 1.29 is 9.53 Å². The van der Waals surface area contributed by atoms with E-state index < -0.39 is 0 Å². The average molecular weight is 224 g/mol. The summed E-state index contributed by atoms with van der Waals surface area (Å²) in [5, 5.41) is 6.16. The van der Waals surface area contributed by atoms with Crippen molar-refractivity contribution >= 4 is 5.91 Å². The molecule has 2 unspecified atom stereocenters. The molecule has 0 aromatic rings. The maximum Gasteiger partial charge on any atom is 0.227 e. The maximum absolute atomic E-state index is 11.8. The van der Waals surface area contributed by atoms with E-state index in [-0.39, 0.29) is 17.9 Å². The second-order valence-electron chi connectivity index (χ2n) is 3.95. The van der Waals surface area contributed by atoms with E-state index in [4.69, 9.17) is 11.2 Å². The molecule has 1 amide bonds. The van der Waals surface area contributed by atoms with Gasteiger partial charge in [-0.2, -0.15) is 0 Å². The molecule has 2 N–H and O–H groups in total. The van der Waals surface area contributed by atoms with Gasteiger partial charge in [0.05, 0.1) is 19.1 Å². The van der Waals surface area contributed by atoms with E-state index in [1.165, 1.54) is 0 Å². The molecule has 1 heterocycles. The topological polar surface area (TPSA) is 50.4 Å². The van der Waals surface area contributed by atoms with Gasteiger partial charge in [-0.1, -0.05) is 6.92 Å². The summed E-state index contributed by atoms with van der Waals surface area (Å²) in [6.07, 6.45) is 6.76. The van der Waals surface area contributed by atoms with Crippen LogP contribution in [0.5, 0.6) is 0 Å². The van der Waals surface area contributed by atoms with Crippen LogP contribution in [0.1, 0.15) is 19.8 Å². The third-order valence-electron chi connectivity index (χ3n) is 2.64. The van der Waals surface area contributed by atoms with E-state index in [1.807, 2.05) is 0 Å². The van der Waals surface area contributed by atoms with Crippen LogP contribution in [0.4, 0.5) is 0 Å². The minimum Gasteiger partial charge on any atom is -0.379 e. The fraction of sp³-hybridized carbons (Fsp3) is 0.750. The Hall–Kier alpha value is -1.05. The Labute approximate surface area is 97.1 Å². The van der Waals surface area contributed by atoms with Gasteiger partial charge >= 0.3 is 0 Å². The summed E-state index contributed by atoms with van der Waals surface area (Å²) < 4.78 is 5.33. The number of terminal acetylenes is 1. The smallest absolute Gasteiger partial charge is 0.227 e. The predicted molar refractivity (Wildman–Crippen MR) is 62.9 cm³/mol. The summed E-state index contributed by atoms with van der Waals surface area (Å²) >= 11 is 0. The molecular formula is C12H20N2O2. The van der Waals surface area contributed by atoms with Gasteiger partial charge in [0.15, 0.2) is 0 Å². The minimum atomic E-state index is -0.0793. The summed E-state index contributed by atoms with van der Waals surface area (Å²) in [5.74, 6) is 2.46. The highest BCUT2D eigenvalue weighted by atomic mass is 16.5. The standard InChI is InChI=1S/C12H20N2O2/c1-3-5-7-14-12(15)10-8-16-9-11(10)13-6-4-2/h1,10-11,13H,4-9H2,2H3,(H,14,15). The molecule has 0 aromatic carbocycles. The third-order valence-corrected chi connectivity index (χ3v) is 2.64. The molecule has 2 atom stereocenters. The van der Waals surface area contributed by atoms with Gasteiger partial charge in [0.1, 0.15) is 0 Å². The first-order valence-electron chi connectivity index (χ1n) is 5.82. The first kappa shape index (κ1) is 13.0. The summed E-state index contributed by atoms with van der Waals surface area (Å²) in [7, 11) is 0. The van der Waals surface area contributed by atoms with Gasteiger partial charge in [-0.25, -0.2) is 0 Å². The van der Waals surface area contributed by atoms with Gasteiger partial charge in [0.2, 0.25) is 5.91 Å². The van der Waals surface area contributed by atoms with E-state index in [2.05, 4.69) is 23.5 Å². The highest BCUT2D eigenvalue weighted by Crippen LogP contribution is 2.13. The monoisotopic (exact) mass is 224 g/mol. The Balaban J connectivity index is 2.32. The molecular weight excluding hydrogens is 204 g/mol. The van der Waals surface area contributed by atoms with Crippen LogP contribution in [0.15, 0.2) is 0 Å². The van der Waals surface area contributed by atoms with Crippen LogP contribution in [-0.4, -0.2) is 38.3 Å². The summed E-state index contributed by atoms with van der Waals surface area (Å²) in [5.41, 5.74) is 0. The quantitative estimate of drug-likeness (QED) is 0.498. The highest BCUT2D eigenvalue weighted by Gasteiger charge is 2.33. The lowest BCUT2D eigenvalue weighted by molar-refractivity contribution is -0.125. The van der Waals surface area contributed by atoms with Crippen LogP contribution >= 0.6 is 0 Å². The van der Waals surface area contributed by atoms with Gasteiger partial charge in [-0.05, 0) is 13.0 Å². The molecule has 0 spiro atoms. The van der Waals surface area contributed by atoms with E-state index in [1.54, 1.807) is 0 Å². The Morgan fingerprint density at radius 1 is 1.50 bits per heavy atom. The molecule has 4 heteroatoms. The second kappa shape index (κ2) is 7.26. The molecule has 0 saturated carbocycles. The number of hydrogen-bond acceptors (Lipinski definition) is 3. The maximum atomic E-state index is 11.8. The van der Waals surface area contributed by atoms with Gasteiger partial charge < -0.3 is 15.4 Å². The average Bonchev–Trinajstić information content (AvgIpc) is 2.74. The number of rotatable bonds is 6. The summed E-state index contributed by atoms with van der Waals surface area (Å²) in [4.78, 5) is 11.8. The summed E-state index contributed by atoms with van der Waals surface area (Å²) in [6.45, 7) is 4.69. The lowest BCUT2D eigenvalue weighted by Crippen LogP contribution is -2.44. The second-order valence-corrected chi connectivity index (χ2v) is 3.95. The molecule has 0 bridgehead atoms. The van der Waals surface area contributed by atoms with E-state index in [0.29, 0.717) is 26.2 Å². The lowest BCUT2D eigenvalue weighted by Gasteiger charge is -2.18.